The lowest BCUT2D eigenvalue weighted by Crippen LogP contribution is -2.24. The molecule has 0 atom stereocenters. The van der Waals surface area contributed by atoms with Crippen LogP contribution in [0.2, 0.25) is 0 Å². The van der Waals surface area contributed by atoms with Crippen LogP contribution in [0.5, 0.6) is 5.75 Å². The zero-order chi connectivity index (χ0) is 29.2. The van der Waals surface area contributed by atoms with Crippen molar-refractivity contribution in [2.24, 2.45) is 5.10 Å². The summed E-state index contributed by atoms with van der Waals surface area (Å²) in [5.41, 5.74) is 6.37. The van der Waals surface area contributed by atoms with Crippen molar-refractivity contribution in [3.8, 4) is 5.75 Å². The maximum absolute atomic E-state index is 12.5. The van der Waals surface area contributed by atoms with E-state index in [0.29, 0.717) is 42.9 Å². The second-order valence-electron chi connectivity index (χ2n) is 9.51. The summed E-state index contributed by atoms with van der Waals surface area (Å²) in [6, 6.07) is 13.2. The van der Waals surface area contributed by atoms with Gasteiger partial charge in [0, 0.05) is 35.9 Å². The van der Waals surface area contributed by atoms with Crippen LogP contribution in [0.25, 0.3) is 0 Å². The van der Waals surface area contributed by atoms with Gasteiger partial charge in [-0.15, -0.1) is 6.58 Å². The molecule has 1 heterocycles. The number of hydrazone groups is 1. The molecule has 0 unspecified atom stereocenters. The molecule has 5 N–H and O–H groups in total. The number of aromatic nitrogens is 1. The Kier molecular flexibility index (Phi) is 10.3. The Morgan fingerprint density at radius 3 is 2.68 bits per heavy atom. The molecule has 216 valence electrons. The number of amides is 1. The van der Waals surface area contributed by atoms with Crippen LogP contribution in [0.1, 0.15) is 63.1 Å². The first-order valence-electron chi connectivity index (χ1n) is 13.3. The summed E-state index contributed by atoms with van der Waals surface area (Å²) in [7, 11) is -3.88. The molecule has 0 radical (unpaired) electrons. The van der Waals surface area contributed by atoms with E-state index in [0.717, 1.165) is 48.1 Å². The van der Waals surface area contributed by atoms with E-state index in [2.05, 4.69) is 27.4 Å². The normalized spacial score (nSPS) is 13.5. The van der Waals surface area contributed by atoms with Crippen LogP contribution in [0.15, 0.2) is 77.4 Å². The molecule has 0 aliphatic heterocycles. The van der Waals surface area contributed by atoms with Gasteiger partial charge in [-0.1, -0.05) is 24.3 Å². The van der Waals surface area contributed by atoms with Gasteiger partial charge in [0.1, 0.15) is 22.4 Å². The molecule has 0 bridgehead atoms. The first-order chi connectivity index (χ1) is 19.8. The van der Waals surface area contributed by atoms with Crippen molar-refractivity contribution >= 4 is 34.6 Å². The number of nitrogens with one attached hydrogen (secondary N) is 2. The van der Waals surface area contributed by atoms with Crippen LogP contribution in [-0.2, 0) is 12.8 Å². The Morgan fingerprint density at radius 2 is 1.93 bits per heavy atom. The molecule has 41 heavy (non-hydrogen) atoms. The van der Waals surface area contributed by atoms with Gasteiger partial charge in [0.2, 0.25) is 0 Å². The lowest BCUT2D eigenvalue weighted by atomic mass is 9.86. The first-order valence-corrected chi connectivity index (χ1v) is 14.8. The lowest BCUT2D eigenvalue weighted by Gasteiger charge is -2.21. The van der Waals surface area contributed by atoms with E-state index in [9.17, 15) is 23.2 Å². The van der Waals surface area contributed by atoms with Gasteiger partial charge in [0.25, 0.3) is 5.91 Å². The Morgan fingerprint density at radius 1 is 1.10 bits per heavy atom. The average Bonchev–Trinajstić information content (AvgIpc) is 2.96. The number of hydrogen-bond acceptors (Lipinski definition) is 9. The zero-order valence-corrected chi connectivity index (χ0v) is 23.4. The van der Waals surface area contributed by atoms with Crippen LogP contribution >= 0.6 is 10.9 Å². The van der Waals surface area contributed by atoms with Crippen LogP contribution in [-0.4, -0.2) is 49.7 Å². The molecule has 2 aromatic carbocycles. The van der Waals surface area contributed by atoms with Crippen molar-refractivity contribution in [3.63, 3.8) is 0 Å². The smallest absolute Gasteiger partial charge is 0.252 e. The fourth-order valence-corrected chi connectivity index (χ4v) is 5.29. The topological polar surface area (TPSA) is 153 Å². The molecule has 0 fully saturated rings. The van der Waals surface area contributed by atoms with Crippen molar-refractivity contribution < 1.29 is 28.0 Å². The number of Topliss-reactive ketones (excluding diaryl/α,β-unsaturated/α-hetero) is 1. The number of ether oxygens (including phenoxy) is 1. The Bertz CT molecular complexity index is 1420. The molecule has 0 spiro atoms. The van der Waals surface area contributed by atoms with Crippen molar-refractivity contribution in [1.82, 2.24) is 10.3 Å². The quantitative estimate of drug-likeness (QED) is 0.0722. The molecule has 0 saturated heterocycles. The Labute approximate surface area is 240 Å². The molecule has 1 aliphatic rings. The number of pyridine rings is 1. The molecule has 1 amide bonds. The average molecular weight is 579 g/mol. The highest BCUT2D eigenvalue weighted by atomic mass is 32.3. The van der Waals surface area contributed by atoms with Crippen LogP contribution in [0.3, 0.4) is 0 Å². The summed E-state index contributed by atoms with van der Waals surface area (Å²) in [4.78, 5) is 28.9. The Hall–Kier alpha value is -4.03. The van der Waals surface area contributed by atoms with Gasteiger partial charge in [-0.2, -0.15) is 5.10 Å². The number of ketones is 1. The minimum atomic E-state index is -3.88. The number of benzene rings is 2. The molecule has 10 nitrogen and oxygen atoms in total. The maximum atomic E-state index is 12.5. The highest BCUT2D eigenvalue weighted by molar-refractivity contribution is 8.19. The zero-order valence-electron chi connectivity index (χ0n) is 22.6. The van der Waals surface area contributed by atoms with Crippen molar-refractivity contribution in [3.05, 3.63) is 95.2 Å². The standard InChI is InChI=1S/C30H34N4O6S/c1-2-8-25-23-10-7-11-26(35)24(23)14-15-27(25)40-18-6-5-17-31-30(36)22-13-16-29(32-19-22)34-33-20-21-9-3-4-12-28(21)41(37,38)39/h2-4,9,12-16,19-20,37-39H,1,5-8,10-11,17-18H2,(H,31,36)(H,32,34)/b33-20+. The number of anilines is 1. The number of hydrogen-bond donors (Lipinski definition) is 5. The van der Waals surface area contributed by atoms with Gasteiger partial charge < -0.3 is 23.7 Å². The van der Waals surface area contributed by atoms with E-state index in [1.807, 2.05) is 18.2 Å². The summed E-state index contributed by atoms with van der Waals surface area (Å²) in [5, 5.41) is 6.89. The fraction of sp³-hybridized carbons (Fsp3) is 0.267. The van der Waals surface area contributed by atoms with Gasteiger partial charge in [-0.05, 0) is 68.0 Å². The lowest BCUT2D eigenvalue weighted by molar-refractivity contribution is 0.0949. The third-order valence-electron chi connectivity index (χ3n) is 6.60. The summed E-state index contributed by atoms with van der Waals surface area (Å²) < 4.78 is 34.6. The number of carbonyl (C=O) groups is 2. The molecular weight excluding hydrogens is 544 g/mol. The third-order valence-corrected chi connectivity index (χ3v) is 7.57. The predicted octanol–water partition coefficient (Wildman–Crippen LogP) is 5.95. The molecule has 0 saturated carbocycles. The summed E-state index contributed by atoms with van der Waals surface area (Å²) >= 11 is 0. The summed E-state index contributed by atoms with van der Waals surface area (Å²) in [5.74, 6) is 1.12. The fourth-order valence-electron chi connectivity index (χ4n) is 4.59. The van der Waals surface area contributed by atoms with E-state index < -0.39 is 10.9 Å². The number of rotatable bonds is 13. The van der Waals surface area contributed by atoms with Gasteiger partial charge in [-0.3, -0.25) is 15.0 Å². The highest BCUT2D eigenvalue weighted by Crippen LogP contribution is 2.44. The SMILES string of the molecule is C=CCc1c(OCCCCNC(=O)c2ccc(N/N=C/c3ccccc3S(O)(O)O)nc2)ccc2c1CCCC2=O. The number of carbonyl (C=O) groups excluding carboxylic acids is 2. The van der Waals surface area contributed by atoms with Crippen molar-refractivity contribution in [1.29, 1.82) is 0 Å². The minimum Gasteiger partial charge on any atom is -0.493 e. The molecule has 1 aliphatic carbocycles. The first kappa shape index (κ1) is 29.9. The van der Waals surface area contributed by atoms with E-state index in [-0.39, 0.29) is 16.6 Å². The largest absolute Gasteiger partial charge is 0.493 e. The van der Waals surface area contributed by atoms with Gasteiger partial charge in [0.15, 0.2) is 5.78 Å². The number of nitrogens with zero attached hydrogens (tertiary/aromatic N) is 2. The monoisotopic (exact) mass is 578 g/mol. The van der Waals surface area contributed by atoms with Crippen molar-refractivity contribution in [2.75, 3.05) is 18.6 Å². The number of unbranched alkanes of at least 4 members (excludes halogenated alkanes) is 1. The van der Waals surface area contributed by atoms with E-state index in [1.54, 1.807) is 30.3 Å². The van der Waals surface area contributed by atoms with E-state index >= 15 is 0 Å². The molecule has 1 aromatic heterocycles. The van der Waals surface area contributed by atoms with Gasteiger partial charge >= 0.3 is 0 Å². The van der Waals surface area contributed by atoms with Gasteiger partial charge in [-0.25, -0.2) is 4.98 Å². The van der Waals surface area contributed by atoms with E-state index in [1.165, 1.54) is 18.5 Å². The maximum Gasteiger partial charge on any atom is 0.252 e. The predicted molar refractivity (Wildman–Crippen MR) is 160 cm³/mol. The number of allylic oxidation sites excluding steroid dienone is 1. The minimum absolute atomic E-state index is 0.0363. The van der Waals surface area contributed by atoms with Crippen LogP contribution < -0.4 is 15.5 Å². The summed E-state index contributed by atoms with van der Waals surface area (Å²) in [6.07, 6.45) is 9.06. The number of fused-ring (bicyclic) bond motifs is 1. The summed E-state index contributed by atoms with van der Waals surface area (Å²) in [6.45, 7) is 4.83. The van der Waals surface area contributed by atoms with Crippen LogP contribution in [0.4, 0.5) is 5.82 Å². The second kappa shape index (κ2) is 14.0. The Balaban J connectivity index is 1.20. The molecule has 4 rings (SSSR count). The third kappa shape index (κ3) is 8.01. The second-order valence-corrected chi connectivity index (χ2v) is 11.0. The molecule has 11 heteroatoms. The highest BCUT2D eigenvalue weighted by Gasteiger charge is 2.22. The van der Waals surface area contributed by atoms with E-state index in [4.69, 9.17) is 4.74 Å². The van der Waals surface area contributed by atoms with Gasteiger partial charge in [0.05, 0.1) is 23.3 Å². The molecule has 3 aromatic rings. The van der Waals surface area contributed by atoms with Crippen molar-refractivity contribution in [2.45, 2.75) is 43.4 Å². The van der Waals surface area contributed by atoms with Crippen LogP contribution in [0, 0.1) is 0 Å². The molecular formula is C30H34N4O6S.